The summed E-state index contributed by atoms with van der Waals surface area (Å²) < 4.78 is 1.96. The van der Waals surface area contributed by atoms with Gasteiger partial charge in [0.25, 0.3) is 0 Å². The Hall–Kier alpha value is -1.03. The standard InChI is InChI=1S/C11H22N4/c1-4-9(5-2)10(12)8-14-11-13-6-7-15(11)3/h6-7,9-10H,4-5,8,12H2,1-3H3,(H,13,14). The van der Waals surface area contributed by atoms with Crippen molar-refractivity contribution in [3.63, 3.8) is 0 Å². The zero-order chi connectivity index (χ0) is 11.3. The van der Waals surface area contributed by atoms with E-state index in [-0.39, 0.29) is 6.04 Å². The average Bonchev–Trinajstić information content (AvgIpc) is 2.63. The van der Waals surface area contributed by atoms with Crippen LogP contribution in [0.2, 0.25) is 0 Å². The molecule has 1 unspecified atom stereocenters. The molecule has 0 radical (unpaired) electrons. The molecule has 0 spiro atoms. The summed E-state index contributed by atoms with van der Waals surface area (Å²) in [5.74, 6) is 1.48. The minimum atomic E-state index is 0.205. The lowest BCUT2D eigenvalue weighted by atomic mass is 9.95. The zero-order valence-corrected chi connectivity index (χ0v) is 9.90. The van der Waals surface area contributed by atoms with Gasteiger partial charge in [-0.25, -0.2) is 4.98 Å². The number of nitrogens with one attached hydrogen (secondary N) is 1. The summed E-state index contributed by atoms with van der Waals surface area (Å²) in [4.78, 5) is 4.20. The van der Waals surface area contributed by atoms with Crippen LogP contribution in [-0.4, -0.2) is 22.1 Å². The lowest BCUT2D eigenvalue weighted by Crippen LogP contribution is -2.36. The number of aryl methyl sites for hydroxylation is 1. The van der Waals surface area contributed by atoms with Crippen molar-refractivity contribution < 1.29 is 0 Å². The SMILES string of the molecule is CCC(CC)C(N)CNc1nccn1C. The van der Waals surface area contributed by atoms with Gasteiger partial charge in [-0.1, -0.05) is 26.7 Å². The Morgan fingerprint density at radius 1 is 1.47 bits per heavy atom. The molecule has 1 heterocycles. The second-order valence-electron chi connectivity index (χ2n) is 3.98. The largest absolute Gasteiger partial charge is 0.354 e. The number of hydrogen-bond acceptors (Lipinski definition) is 3. The Balaban J connectivity index is 2.40. The first kappa shape index (κ1) is 12.0. The van der Waals surface area contributed by atoms with Crippen LogP contribution in [0.1, 0.15) is 26.7 Å². The van der Waals surface area contributed by atoms with Gasteiger partial charge in [-0.3, -0.25) is 0 Å². The fraction of sp³-hybridized carbons (Fsp3) is 0.727. The summed E-state index contributed by atoms with van der Waals surface area (Å²) in [6.45, 7) is 5.17. The maximum Gasteiger partial charge on any atom is 0.202 e. The van der Waals surface area contributed by atoms with E-state index >= 15 is 0 Å². The Morgan fingerprint density at radius 3 is 2.60 bits per heavy atom. The minimum absolute atomic E-state index is 0.205. The molecule has 0 aliphatic carbocycles. The lowest BCUT2D eigenvalue weighted by Gasteiger charge is -2.21. The Morgan fingerprint density at radius 2 is 2.13 bits per heavy atom. The summed E-state index contributed by atoms with van der Waals surface area (Å²) >= 11 is 0. The first-order chi connectivity index (χ1) is 7.19. The van der Waals surface area contributed by atoms with E-state index < -0.39 is 0 Å². The molecule has 4 nitrogen and oxygen atoms in total. The van der Waals surface area contributed by atoms with E-state index in [1.165, 1.54) is 0 Å². The summed E-state index contributed by atoms with van der Waals surface area (Å²) in [5.41, 5.74) is 6.11. The number of nitrogens with two attached hydrogens (primary N) is 1. The van der Waals surface area contributed by atoms with Crippen LogP contribution in [0.4, 0.5) is 5.95 Å². The molecule has 4 heteroatoms. The normalized spacial score (nSPS) is 13.1. The second kappa shape index (κ2) is 5.75. The highest BCUT2D eigenvalue weighted by Crippen LogP contribution is 2.12. The number of hydrogen-bond donors (Lipinski definition) is 2. The van der Waals surface area contributed by atoms with Crippen molar-refractivity contribution in [1.29, 1.82) is 0 Å². The summed E-state index contributed by atoms with van der Waals surface area (Å²) in [6, 6.07) is 0.205. The molecule has 0 saturated carbocycles. The maximum absolute atomic E-state index is 6.11. The van der Waals surface area contributed by atoms with Gasteiger partial charge in [0, 0.05) is 32.0 Å². The van der Waals surface area contributed by atoms with E-state index in [0.717, 1.165) is 25.3 Å². The molecular formula is C11H22N4. The molecule has 0 fully saturated rings. The summed E-state index contributed by atoms with van der Waals surface area (Å²) in [5, 5.41) is 3.27. The van der Waals surface area contributed by atoms with Gasteiger partial charge in [0.1, 0.15) is 0 Å². The predicted molar refractivity (Wildman–Crippen MR) is 63.7 cm³/mol. The molecule has 0 aliphatic rings. The van der Waals surface area contributed by atoms with E-state index in [1.54, 1.807) is 6.20 Å². The van der Waals surface area contributed by atoms with E-state index in [4.69, 9.17) is 5.73 Å². The molecule has 1 aromatic heterocycles. The maximum atomic E-state index is 6.11. The van der Waals surface area contributed by atoms with Crippen molar-refractivity contribution in [1.82, 2.24) is 9.55 Å². The Bertz CT molecular complexity index is 278. The van der Waals surface area contributed by atoms with Crippen molar-refractivity contribution in [3.8, 4) is 0 Å². The third kappa shape index (κ3) is 3.23. The molecule has 0 aromatic carbocycles. The van der Waals surface area contributed by atoms with Gasteiger partial charge >= 0.3 is 0 Å². The fourth-order valence-corrected chi connectivity index (χ4v) is 1.81. The molecule has 3 N–H and O–H groups in total. The van der Waals surface area contributed by atoms with Crippen molar-refractivity contribution in [2.75, 3.05) is 11.9 Å². The molecule has 0 bridgehead atoms. The van der Waals surface area contributed by atoms with Gasteiger partial charge in [0.15, 0.2) is 0 Å². The number of imidazole rings is 1. The van der Waals surface area contributed by atoms with Crippen LogP contribution in [0.15, 0.2) is 12.4 Å². The fourth-order valence-electron chi connectivity index (χ4n) is 1.81. The topological polar surface area (TPSA) is 55.9 Å². The number of anilines is 1. The molecule has 86 valence electrons. The summed E-state index contributed by atoms with van der Waals surface area (Å²) in [7, 11) is 1.97. The second-order valence-corrected chi connectivity index (χ2v) is 3.98. The van der Waals surface area contributed by atoms with Crippen LogP contribution in [0.3, 0.4) is 0 Å². The van der Waals surface area contributed by atoms with Gasteiger partial charge in [-0.15, -0.1) is 0 Å². The lowest BCUT2D eigenvalue weighted by molar-refractivity contribution is 0.407. The van der Waals surface area contributed by atoms with E-state index in [0.29, 0.717) is 5.92 Å². The average molecular weight is 210 g/mol. The van der Waals surface area contributed by atoms with Crippen molar-refractivity contribution >= 4 is 5.95 Å². The number of rotatable bonds is 6. The Labute approximate surface area is 91.9 Å². The van der Waals surface area contributed by atoms with Gasteiger partial charge in [-0.2, -0.15) is 0 Å². The van der Waals surface area contributed by atoms with Gasteiger partial charge in [0.2, 0.25) is 5.95 Å². The van der Waals surface area contributed by atoms with Crippen molar-refractivity contribution in [2.45, 2.75) is 32.7 Å². The van der Waals surface area contributed by atoms with Gasteiger partial charge < -0.3 is 15.6 Å². The molecule has 0 saturated heterocycles. The first-order valence-electron chi connectivity index (χ1n) is 5.65. The van der Waals surface area contributed by atoms with Crippen molar-refractivity contribution in [2.24, 2.45) is 18.7 Å². The van der Waals surface area contributed by atoms with E-state index in [9.17, 15) is 0 Å². The quantitative estimate of drug-likeness (QED) is 0.749. The molecular weight excluding hydrogens is 188 g/mol. The molecule has 1 rings (SSSR count). The Kier molecular flexibility index (Phi) is 4.62. The van der Waals surface area contributed by atoms with E-state index in [2.05, 4.69) is 24.1 Å². The minimum Gasteiger partial charge on any atom is -0.354 e. The van der Waals surface area contributed by atoms with Crippen LogP contribution >= 0.6 is 0 Å². The van der Waals surface area contributed by atoms with E-state index in [1.807, 2.05) is 17.8 Å². The van der Waals surface area contributed by atoms with Gasteiger partial charge in [0.05, 0.1) is 0 Å². The highest BCUT2D eigenvalue weighted by atomic mass is 15.2. The van der Waals surface area contributed by atoms with Crippen LogP contribution in [0.25, 0.3) is 0 Å². The van der Waals surface area contributed by atoms with Crippen molar-refractivity contribution in [3.05, 3.63) is 12.4 Å². The van der Waals surface area contributed by atoms with Crippen LogP contribution in [0, 0.1) is 5.92 Å². The van der Waals surface area contributed by atoms with Crippen LogP contribution in [-0.2, 0) is 7.05 Å². The molecule has 0 amide bonds. The highest BCUT2D eigenvalue weighted by molar-refractivity contribution is 5.25. The third-order valence-corrected chi connectivity index (χ3v) is 2.97. The molecule has 1 aromatic rings. The molecule has 1 atom stereocenters. The number of nitrogens with zero attached hydrogens (tertiary/aromatic N) is 2. The predicted octanol–water partition coefficient (Wildman–Crippen LogP) is 1.60. The highest BCUT2D eigenvalue weighted by Gasteiger charge is 2.13. The molecule has 15 heavy (non-hydrogen) atoms. The monoisotopic (exact) mass is 210 g/mol. The number of aromatic nitrogens is 2. The van der Waals surface area contributed by atoms with Crippen LogP contribution < -0.4 is 11.1 Å². The third-order valence-electron chi connectivity index (χ3n) is 2.97. The zero-order valence-electron chi connectivity index (χ0n) is 9.90. The molecule has 0 aliphatic heterocycles. The van der Waals surface area contributed by atoms with Gasteiger partial charge in [-0.05, 0) is 5.92 Å². The summed E-state index contributed by atoms with van der Waals surface area (Å²) in [6.07, 6.45) is 5.98. The van der Waals surface area contributed by atoms with Crippen LogP contribution in [0.5, 0.6) is 0 Å². The first-order valence-corrected chi connectivity index (χ1v) is 5.65. The smallest absolute Gasteiger partial charge is 0.202 e.